The fourth-order valence-electron chi connectivity index (χ4n) is 3.64. The highest BCUT2D eigenvalue weighted by atomic mass is 16.5. The monoisotopic (exact) mass is 311 g/mol. The number of benzene rings is 1. The number of amides is 1. The van der Waals surface area contributed by atoms with Crippen LogP contribution in [-0.2, 0) is 14.3 Å². The molecular weight excluding hydrogens is 294 g/mol. The Bertz CT molecular complexity index is 803. The summed E-state index contributed by atoms with van der Waals surface area (Å²) >= 11 is 0. The predicted molar refractivity (Wildman–Crippen MR) is 85.1 cm³/mol. The van der Waals surface area contributed by atoms with Crippen LogP contribution in [0.3, 0.4) is 0 Å². The molecule has 3 aliphatic rings. The van der Waals surface area contributed by atoms with Crippen molar-refractivity contribution in [3.8, 4) is 5.75 Å². The lowest BCUT2D eigenvalue weighted by Crippen LogP contribution is -2.24. The van der Waals surface area contributed by atoms with Gasteiger partial charge in [0.15, 0.2) is 11.5 Å². The van der Waals surface area contributed by atoms with Gasteiger partial charge in [0.1, 0.15) is 5.75 Å². The zero-order valence-corrected chi connectivity index (χ0v) is 13.2. The van der Waals surface area contributed by atoms with E-state index in [1.54, 1.807) is 21.3 Å². The van der Waals surface area contributed by atoms with E-state index in [0.717, 1.165) is 28.1 Å². The number of ether oxygens (including phenoxy) is 3. The first-order chi connectivity index (χ1) is 11.2. The van der Waals surface area contributed by atoms with Crippen LogP contribution >= 0.6 is 0 Å². The van der Waals surface area contributed by atoms with Gasteiger partial charge >= 0.3 is 0 Å². The molecule has 2 unspecified atom stereocenters. The molecule has 1 heterocycles. The van der Waals surface area contributed by atoms with Gasteiger partial charge in [-0.25, -0.2) is 0 Å². The molecule has 0 spiro atoms. The summed E-state index contributed by atoms with van der Waals surface area (Å²) in [6, 6.07) is 5.88. The van der Waals surface area contributed by atoms with Gasteiger partial charge in [-0.3, -0.25) is 4.79 Å². The van der Waals surface area contributed by atoms with E-state index in [4.69, 9.17) is 14.2 Å². The normalized spacial score (nSPS) is 24.2. The zero-order valence-electron chi connectivity index (χ0n) is 13.2. The topological polar surface area (TPSA) is 56.8 Å². The van der Waals surface area contributed by atoms with Crippen molar-refractivity contribution in [1.29, 1.82) is 0 Å². The minimum atomic E-state index is -0.274. The maximum atomic E-state index is 12.3. The average molecular weight is 311 g/mol. The Morgan fingerprint density at radius 2 is 1.91 bits per heavy atom. The summed E-state index contributed by atoms with van der Waals surface area (Å²) in [6.07, 6.45) is 3.87. The van der Waals surface area contributed by atoms with Crippen molar-refractivity contribution in [3.63, 3.8) is 0 Å². The van der Waals surface area contributed by atoms with Crippen molar-refractivity contribution >= 4 is 17.6 Å². The molecule has 4 rings (SSSR count). The van der Waals surface area contributed by atoms with Gasteiger partial charge in [-0.2, -0.15) is 0 Å². The van der Waals surface area contributed by atoms with Gasteiger partial charge in [-0.05, 0) is 35.4 Å². The number of carbonyl (C=O) groups excluding carboxylic acids is 1. The average Bonchev–Trinajstić information content (AvgIpc) is 2.90. The van der Waals surface area contributed by atoms with E-state index in [-0.39, 0.29) is 17.7 Å². The van der Waals surface area contributed by atoms with Gasteiger partial charge in [0.2, 0.25) is 5.91 Å². The number of allylic oxidation sites excluding steroid dienone is 1. The molecule has 2 aliphatic carbocycles. The molecule has 23 heavy (non-hydrogen) atoms. The summed E-state index contributed by atoms with van der Waals surface area (Å²) in [5.74, 6) is 1.69. The van der Waals surface area contributed by atoms with Crippen LogP contribution in [0.2, 0.25) is 0 Å². The molecule has 1 amide bonds. The summed E-state index contributed by atoms with van der Waals surface area (Å²) in [5, 5.41) is 2.99. The Morgan fingerprint density at radius 3 is 2.61 bits per heavy atom. The summed E-state index contributed by atoms with van der Waals surface area (Å²) in [5.41, 5.74) is 3.93. The van der Waals surface area contributed by atoms with E-state index in [2.05, 4.69) is 5.32 Å². The zero-order chi connectivity index (χ0) is 16.1. The van der Waals surface area contributed by atoms with E-state index in [0.29, 0.717) is 11.5 Å². The molecule has 1 fully saturated rings. The highest BCUT2D eigenvalue weighted by molar-refractivity contribution is 5.98. The van der Waals surface area contributed by atoms with Crippen LogP contribution < -0.4 is 10.1 Å². The second kappa shape index (κ2) is 4.91. The number of nitrogens with one attached hydrogen (secondary N) is 1. The SMILES string of the molecule is COC1=CC2C(=O)NC3=Cc4ccc(OC)cc4C(=C1OC)C32. The van der Waals surface area contributed by atoms with Crippen molar-refractivity contribution < 1.29 is 19.0 Å². The number of fused-ring (bicyclic) bond motifs is 2. The van der Waals surface area contributed by atoms with Crippen molar-refractivity contribution in [3.05, 3.63) is 52.6 Å². The van der Waals surface area contributed by atoms with Crippen molar-refractivity contribution in [2.24, 2.45) is 11.8 Å². The van der Waals surface area contributed by atoms with Crippen molar-refractivity contribution in [2.45, 2.75) is 0 Å². The minimum Gasteiger partial charge on any atom is -0.497 e. The smallest absolute Gasteiger partial charge is 0.232 e. The Morgan fingerprint density at radius 1 is 1.09 bits per heavy atom. The van der Waals surface area contributed by atoms with Crippen LogP contribution in [0.15, 0.2) is 41.5 Å². The largest absolute Gasteiger partial charge is 0.497 e. The van der Waals surface area contributed by atoms with Crippen molar-refractivity contribution in [2.75, 3.05) is 21.3 Å². The van der Waals surface area contributed by atoms with Gasteiger partial charge in [-0.1, -0.05) is 6.07 Å². The fraction of sp³-hybridized carbons (Fsp3) is 0.278. The van der Waals surface area contributed by atoms with Gasteiger partial charge in [0.25, 0.3) is 0 Å². The molecule has 5 nitrogen and oxygen atoms in total. The van der Waals surface area contributed by atoms with Gasteiger partial charge in [0, 0.05) is 17.2 Å². The van der Waals surface area contributed by atoms with Crippen LogP contribution in [0.5, 0.6) is 5.75 Å². The third-order valence-electron chi connectivity index (χ3n) is 4.66. The molecule has 0 radical (unpaired) electrons. The standard InChI is InChI=1S/C18H17NO4/c1-21-10-5-4-9-6-13-15-12(18(20)19-13)8-14(22-2)17(23-3)16(15)11(9)7-10/h4-8,12,15H,1-3H3,(H,19,20). The van der Waals surface area contributed by atoms with E-state index in [9.17, 15) is 4.79 Å². The molecule has 0 bridgehead atoms. The summed E-state index contributed by atoms with van der Waals surface area (Å²) in [4.78, 5) is 12.3. The summed E-state index contributed by atoms with van der Waals surface area (Å²) < 4.78 is 16.5. The van der Waals surface area contributed by atoms with Crippen LogP contribution in [0, 0.1) is 11.8 Å². The quantitative estimate of drug-likeness (QED) is 0.931. The van der Waals surface area contributed by atoms with Gasteiger partial charge in [0.05, 0.1) is 27.2 Å². The molecule has 0 aromatic heterocycles. The van der Waals surface area contributed by atoms with Crippen LogP contribution in [0.4, 0.5) is 0 Å². The van der Waals surface area contributed by atoms with E-state index < -0.39 is 0 Å². The van der Waals surface area contributed by atoms with Crippen molar-refractivity contribution in [1.82, 2.24) is 5.32 Å². The second-order valence-corrected chi connectivity index (χ2v) is 5.73. The lowest BCUT2D eigenvalue weighted by Gasteiger charge is -2.31. The van der Waals surface area contributed by atoms with Crippen LogP contribution in [-0.4, -0.2) is 27.2 Å². The predicted octanol–water partition coefficient (Wildman–Crippen LogP) is 2.31. The minimum absolute atomic E-state index is 0.0109. The third-order valence-corrected chi connectivity index (χ3v) is 4.66. The molecule has 1 aromatic carbocycles. The molecule has 0 saturated carbocycles. The molecule has 1 saturated heterocycles. The van der Waals surface area contributed by atoms with E-state index in [1.165, 1.54) is 0 Å². The molecule has 118 valence electrons. The second-order valence-electron chi connectivity index (χ2n) is 5.73. The summed E-state index contributed by atoms with van der Waals surface area (Å²) in [7, 11) is 4.85. The Balaban J connectivity index is 2.03. The lowest BCUT2D eigenvalue weighted by atomic mass is 9.74. The van der Waals surface area contributed by atoms with Crippen LogP contribution in [0.25, 0.3) is 11.6 Å². The Hall–Kier alpha value is -2.69. The van der Waals surface area contributed by atoms with E-state index >= 15 is 0 Å². The van der Waals surface area contributed by atoms with Gasteiger partial charge in [-0.15, -0.1) is 0 Å². The first-order valence-corrected chi connectivity index (χ1v) is 7.43. The molecular formula is C18H17NO4. The first-order valence-electron chi connectivity index (χ1n) is 7.43. The number of carbonyl (C=O) groups is 1. The Kier molecular flexibility index (Phi) is 2.98. The lowest BCUT2D eigenvalue weighted by molar-refractivity contribution is -0.121. The maximum Gasteiger partial charge on any atom is 0.232 e. The molecule has 1 aromatic rings. The number of rotatable bonds is 3. The highest BCUT2D eigenvalue weighted by Gasteiger charge is 2.47. The molecule has 1 aliphatic heterocycles. The third kappa shape index (κ3) is 1.82. The maximum absolute atomic E-state index is 12.3. The Labute approximate surface area is 134 Å². The number of hydrogen-bond donors (Lipinski definition) is 1. The van der Waals surface area contributed by atoms with Crippen LogP contribution in [0.1, 0.15) is 11.1 Å². The molecule has 1 N–H and O–H groups in total. The fourth-order valence-corrected chi connectivity index (χ4v) is 3.64. The van der Waals surface area contributed by atoms with Gasteiger partial charge < -0.3 is 19.5 Å². The first kappa shape index (κ1) is 13.9. The van der Waals surface area contributed by atoms with E-state index in [1.807, 2.05) is 30.4 Å². The number of hydrogen-bond acceptors (Lipinski definition) is 4. The highest BCUT2D eigenvalue weighted by Crippen LogP contribution is 2.50. The summed E-state index contributed by atoms with van der Waals surface area (Å²) in [6.45, 7) is 0. The molecule has 2 atom stereocenters. The number of methoxy groups -OCH3 is 3. The molecule has 5 heteroatoms.